The zero-order valence-electron chi connectivity index (χ0n) is 14.2. The van der Waals surface area contributed by atoms with E-state index < -0.39 is 0 Å². The van der Waals surface area contributed by atoms with E-state index in [-0.39, 0.29) is 6.10 Å². The second kappa shape index (κ2) is 7.16. The van der Waals surface area contributed by atoms with Crippen molar-refractivity contribution in [3.63, 3.8) is 0 Å². The van der Waals surface area contributed by atoms with Gasteiger partial charge in [0, 0.05) is 69.2 Å². The van der Waals surface area contributed by atoms with E-state index in [0.29, 0.717) is 5.92 Å². The highest BCUT2D eigenvalue weighted by molar-refractivity contribution is 5.33. The lowest BCUT2D eigenvalue weighted by Crippen LogP contribution is -2.26. The molecule has 0 bridgehead atoms. The maximum atomic E-state index is 5.93. The summed E-state index contributed by atoms with van der Waals surface area (Å²) in [4.78, 5) is 13.0. The first kappa shape index (κ1) is 16.0. The molecule has 25 heavy (non-hydrogen) atoms. The van der Waals surface area contributed by atoms with E-state index in [1.807, 2.05) is 40.8 Å². The summed E-state index contributed by atoms with van der Waals surface area (Å²) in [5.41, 5.74) is 1.15. The zero-order valence-corrected chi connectivity index (χ0v) is 14.2. The number of pyridine rings is 1. The van der Waals surface area contributed by atoms with Crippen molar-refractivity contribution in [2.75, 3.05) is 13.2 Å². The molecule has 0 radical (unpaired) electrons. The maximum absolute atomic E-state index is 5.93. The van der Waals surface area contributed by atoms with Crippen LogP contribution < -0.4 is 5.32 Å². The molecular weight excluding hydrogens is 316 g/mol. The molecule has 1 aliphatic rings. The SMILES string of the molecule is Cn1ccnc1[C@@H]1OCC[C@H]1CNCc1cccnc1-n1ccnc1. The zero-order chi connectivity index (χ0) is 17.1. The van der Waals surface area contributed by atoms with Crippen molar-refractivity contribution in [2.24, 2.45) is 13.0 Å². The first-order valence-corrected chi connectivity index (χ1v) is 8.54. The highest BCUT2D eigenvalue weighted by atomic mass is 16.5. The fourth-order valence-electron chi connectivity index (χ4n) is 3.36. The van der Waals surface area contributed by atoms with Gasteiger partial charge in [-0.3, -0.25) is 4.57 Å². The Labute approximate surface area is 146 Å². The summed E-state index contributed by atoms with van der Waals surface area (Å²) in [5.74, 6) is 2.34. The molecule has 1 fully saturated rings. The lowest BCUT2D eigenvalue weighted by Gasteiger charge is -2.19. The van der Waals surface area contributed by atoms with Gasteiger partial charge in [-0.25, -0.2) is 15.0 Å². The van der Waals surface area contributed by atoms with E-state index in [0.717, 1.165) is 43.3 Å². The lowest BCUT2D eigenvalue weighted by molar-refractivity contribution is 0.0811. The summed E-state index contributed by atoms with van der Waals surface area (Å²) in [6.07, 6.45) is 12.2. The monoisotopic (exact) mass is 338 g/mol. The van der Waals surface area contributed by atoms with E-state index >= 15 is 0 Å². The quantitative estimate of drug-likeness (QED) is 0.743. The number of nitrogens with one attached hydrogen (secondary N) is 1. The number of ether oxygens (including phenoxy) is 1. The minimum Gasteiger partial charge on any atom is -0.370 e. The smallest absolute Gasteiger partial charge is 0.142 e. The molecule has 0 amide bonds. The van der Waals surface area contributed by atoms with Gasteiger partial charge in [-0.05, 0) is 12.5 Å². The van der Waals surface area contributed by atoms with Crippen LogP contribution in [0.2, 0.25) is 0 Å². The van der Waals surface area contributed by atoms with Gasteiger partial charge in [0.25, 0.3) is 0 Å². The molecule has 7 heteroatoms. The van der Waals surface area contributed by atoms with E-state index in [1.54, 1.807) is 18.7 Å². The van der Waals surface area contributed by atoms with Crippen molar-refractivity contribution in [1.82, 2.24) is 29.4 Å². The molecule has 4 rings (SSSR count). The predicted octanol–water partition coefficient (Wildman–Crippen LogP) is 1.87. The van der Waals surface area contributed by atoms with Gasteiger partial charge in [-0.1, -0.05) is 6.07 Å². The highest BCUT2D eigenvalue weighted by Crippen LogP contribution is 2.32. The van der Waals surface area contributed by atoms with Gasteiger partial charge in [0.15, 0.2) is 0 Å². The van der Waals surface area contributed by atoms with Crippen LogP contribution in [-0.4, -0.2) is 37.2 Å². The molecule has 2 atom stereocenters. The van der Waals surface area contributed by atoms with E-state index in [2.05, 4.69) is 26.3 Å². The molecular formula is C18H22N6O. The van der Waals surface area contributed by atoms with Crippen molar-refractivity contribution in [3.05, 3.63) is 60.8 Å². The third-order valence-corrected chi connectivity index (χ3v) is 4.67. The minimum atomic E-state index is 0.0644. The van der Waals surface area contributed by atoms with Gasteiger partial charge in [0.05, 0.1) is 0 Å². The van der Waals surface area contributed by atoms with Crippen LogP contribution in [0.4, 0.5) is 0 Å². The molecule has 1 saturated heterocycles. The standard InChI is InChI=1S/C18H22N6O/c1-23-8-7-22-18(23)16-14(4-10-25-16)11-20-12-15-3-2-5-21-17(15)24-9-6-19-13-24/h2-3,5-9,13-14,16,20H,4,10-12H2,1H3/t14-,16+/m0/s1. The Kier molecular flexibility index (Phi) is 4.58. The summed E-state index contributed by atoms with van der Waals surface area (Å²) in [5, 5.41) is 3.57. The van der Waals surface area contributed by atoms with Crippen LogP contribution in [-0.2, 0) is 18.3 Å². The topological polar surface area (TPSA) is 69.8 Å². The van der Waals surface area contributed by atoms with Crippen molar-refractivity contribution in [3.8, 4) is 5.82 Å². The van der Waals surface area contributed by atoms with Crippen LogP contribution in [0.15, 0.2) is 49.4 Å². The highest BCUT2D eigenvalue weighted by Gasteiger charge is 2.31. The van der Waals surface area contributed by atoms with Gasteiger partial charge in [-0.15, -0.1) is 0 Å². The molecule has 0 aromatic carbocycles. The van der Waals surface area contributed by atoms with Crippen LogP contribution in [0, 0.1) is 5.92 Å². The Morgan fingerprint density at radius 1 is 1.24 bits per heavy atom. The average molecular weight is 338 g/mol. The molecule has 0 saturated carbocycles. The van der Waals surface area contributed by atoms with E-state index in [9.17, 15) is 0 Å². The molecule has 3 aromatic heterocycles. The summed E-state index contributed by atoms with van der Waals surface area (Å²) in [6, 6.07) is 4.06. The summed E-state index contributed by atoms with van der Waals surface area (Å²) < 4.78 is 9.91. The van der Waals surface area contributed by atoms with Gasteiger partial charge in [0.1, 0.15) is 24.1 Å². The number of hydrogen-bond donors (Lipinski definition) is 1. The van der Waals surface area contributed by atoms with Crippen LogP contribution in [0.3, 0.4) is 0 Å². The molecule has 4 heterocycles. The third kappa shape index (κ3) is 3.33. The average Bonchev–Trinajstić information content (AvgIpc) is 3.36. The van der Waals surface area contributed by atoms with Crippen molar-refractivity contribution in [1.29, 1.82) is 0 Å². The maximum Gasteiger partial charge on any atom is 0.142 e. The number of aryl methyl sites for hydroxylation is 1. The first-order chi connectivity index (χ1) is 12.3. The third-order valence-electron chi connectivity index (χ3n) is 4.67. The Morgan fingerprint density at radius 2 is 2.20 bits per heavy atom. The van der Waals surface area contributed by atoms with Gasteiger partial charge >= 0.3 is 0 Å². The fourth-order valence-corrected chi connectivity index (χ4v) is 3.36. The summed E-state index contributed by atoms with van der Waals surface area (Å²) in [7, 11) is 2.02. The van der Waals surface area contributed by atoms with E-state index in [1.165, 1.54) is 0 Å². The van der Waals surface area contributed by atoms with Gasteiger partial charge in [0.2, 0.25) is 0 Å². The number of rotatable bonds is 6. The van der Waals surface area contributed by atoms with Crippen LogP contribution in [0.5, 0.6) is 0 Å². The van der Waals surface area contributed by atoms with Crippen LogP contribution >= 0.6 is 0 Å². The lowest BCUT2D eigenvalue weighted by atomic mass is 10.0. The Hall–Kier alpha value is -2.51. The van der Waals surface area contributed by atoms with Crippen molar-refractivity contribution >= 4 is 0 Å². The second-order valence-electron chi connectivity index (χ2n) is 6.32. The first-order valence-electron chi connectivity index (χ1n) is 8.54. The number of aromatic nitrogens is 5. The molecule has 3 aromatic rings. The molecule has 0 aliphatic carbocycles. The van der Waals surface area contributed by atoms with Crippen molar-refractivity contribution < 1.29 is 4.74 Å². The molecule has 130 valence electrons. The van der Waals surface area contributed by atoms with Gasteiger partial charge < -0.3 is 14.6 Å². The normalized spacial score (nSPS) is 20.2. The Balaban J connectivity index is 1.41. The number of hydrogen-bond acceptors (Lipinski definition) is 5. The summed E-state index contributed by atoms with van der Waals surface area (Å²) in [6.45, 7) is 2.43. The van der Waals surface area contributed by atoms with E-state index in [4.69, 9.17) is 4.74 Å². The number of imidazole rings is 2. The van der Waals surface area contributed by atoms with Crippen LogP contribution in [0.1, 0.15) is 23.9 Å². The largest absolute Gasteiger partial charge is 0.370 e. The summed E-state index contributed by atoms with van der Waals surface area (Å²) >= 11 is 0. The van der Waals surface area contributed by atoms with Crippen LogP contribution in [0.25, 0.3) is 5.82 Å². The number of nitrogens with zero attached hydrogens (tertiary/aromatic N) is 5. The molecule has 1 aliphatic heterocycles. The van der Waals surface area contributed by atoms with Gasteiger partial charge in [-0.2, -0.15) is 0 Å². The van der Waals surface area contributed by atoms with Crippen molar-refractivity contribution in [2.45, 2.75) is 19.1 Å². The minimum absolute atomic E-state index is 0.0644. The molecule has 0 unspecified atom stereocenters. The molecule has 1 N–H and O–H groups in total. The Bertz CT molecular complexity index is 813. The fraction of sp³-hybridized carbons (Fsp3) is 0.389. The Morgan fingerprint density at radius 3 is 3.00 bits per heavy atom. The molecule has 7 nitrogen and oxygen atoms in total. The second-order valence-corrected chi connectivity index (χ2v) is 6.32. The predicted molar refractivity (Wildman–Crippen MR) is 93.1 cm³/mol. The molecule has 0 spiro atoms.